The van der Waals surface area contributed by atoms with Crippen LogP contribution in [-0.4, -0.2) is 37.2 Å². The maximum absolute atomic E-state index is 12.5. The third-order valence-electron chi connectivity index (χ3n) is 4.47. The van der Waals surface area contributed by atoms with E-state index in [1.165, 1.54) is 43.6 Å². The Morgan fingerprint density at radius 1 is 1.12 bits per heavy atom. The van der Waals surface area contributed by atoms with Gasteiger partial charge in [0, 0.05) is 31.9 Å². The first-order valence-corrected chi connectivity index (χ1v) is 9.51. The molecule has 1 aromatic carbocycles. The molecule has 0 aliphatic heterocycles. The topological polar surface area (TPSA) is 76.5 Å². The largest absolute Gasteiger partial charge is 0.306 e. The molecule has 25 heavy (non-hydrogen) atoms. The molecule has 132 valence electrons. The Morgan fingerprint density at radius 2 is 1.84 bits per heavy atom. The van der Waals surface area contributed by atoms with Crippen LogP contribution in [0, 0.1) is 0 Å². The van der Waals surface area contributed by atoms with Gasteiger partial charge in [-0.05, 0) is 42.5 Å². The summed E-state index contributed by atoms with van der Waals surface area (Å²) in [6.45, 7) is -0.186. The quantitative estimate of drug-likeness (QED) is 0.757. The van der Waals surface area contributed by atoms with Crippen molar-refractivity contribution in [3.8, 4) is 0 Å². The lowest BCUT2D eigenvalue weighted by Crippen LogP contribution is -2.27. The van der Waals surface area contributed by atoms with Crippen LogP contribution in [0.25, 0.3) is 0 Å². The van der Waals surface area contributed by atoms with Crippen LogP contribution in [0.4, 0.5) is 0 Å². The summed E-state index contributed by atoms with van der Waals surface area (Å²) in [5.41, 5.74) is 2.59. The van der Waals surface area contributed by atoms with Crippen LogP contribution in [-0.2, 0) is 29.4 Å². The van der Waals surface area contributed by atoms with Crippen molar-refractivity contribution in [1.29, 1.82) is 0 Å². The zero-order valence-corrected chi connectivity index (χ0v) is 15.0. The summed E-state index contributed by atoms with van der Waals surface area (Å²) < 4.78 is 26.6. The van der Waals surface area contributed by atoms with E-state index >= 15 is 0 Å². The number of benzene rings is 1. The first-order chi connectivity index (χ1) is 11.8. The van der Waals surface area contributed by atoms with Gasteiger partial charge in [-0.1, -0.05) is 12.1 Å². The fourth-order valence-corrected chi connectivity index (χ4v) is 3.91. The van der Waals surface area contributed by atoms with Gasteiger partial charge in [0.25, 0.3) is 5.56 Å². The molecule has 0 N–H and O–H groups in total. The van der Waals surface area contributed by atoms with E-state index in [-0.39, 0.29) is 17.2 Å². The Labute approximate surface area is 146 Å². The summed E-state index contributed by atoms with van der Waals surface area (Å²) in [5, 5.41) is 0. The number of hydrogen-bond donors (Lipinski definition) is 0. The minimum absolute atomic E-state index is 0.0150. The molecule has 0 radical (unpaired) electrons. The van der Waals surface area contributed by atoms with Gasteiger partial charge in [0.15, 0.2) is 5.78 Å². The maximum atomic E-state index is 12.5. The molecule has 1 aromatic heterocycles. The molecule has 0 saturated heterocycles. The number of aromatic nitrogens is 1. The predicted octanol–water partition coefficient (Wildman–Crippen LogP) is 1.47. The molecule has 0 bridgehead atoms. The van der Waals surface area contributed by atoms with E-state index in [4.69, 9.17) is 0 Å². The molecule has 0 spiro atoms. The Morgan fingerprint density at radius 3 is 2.56 bits per heavy atom. The lowest BCUT2D eigenvalue weighted by Gasteiger charge is -2.13. The zero-order chi connectivity index (χ0) is 18.2. The van der Waals surface area contributed by atoms with Gasteiger partial charge in [-0.25, -0.2) is 12.7 Å². The molecular weight excluding hydrogens is 340 g/mol. The average molecular weight is 360 g/mol. The lowest BCUT2D eigenvalue weighted by molar-refractivity contribution is 0.0970. The molecule has 1 aliphatic carbocycles. The van der Waals surface area contributed by atoms with E-state index in [9.17, 15) is 18.0 Å². The molecule has 0 fully saturated rings. The van der Waals surface area contributed by atoms with Gasteiger partial charge in [0.05, 0.1) is 11.4 Å². The number of ketones is 1. The third kappa shape index (κ3) is 3.43. The molecule has 0 unspecified atom stereocenters. The van der Waals surface area contributed by atoms with Crippen LogP contribution in [0.3, 0.4) is 0 Å². The Balaban J connectivity index is 1.90. The van der Waals surface area contributed by atoms with Crippen molar-refractivity contribution in [2.45, 2.75) is 30.7 Å². The average Bonchev–Trinajstić information content (AvgIpc) is 3.04. The fraction of sp³-hybridized carbons (Fsp3) is 0.333. The van der Waals surface area contributed by atoms with Crippen molar-refractivity contribution in [2.24, 2.45) is 0 Å². The minimum atomic E-state index is -3.66. The minimum Gasteiger partial charge on any atom is -0.306 e. The van der Waals surface area contributed by atoms with Gasteiger partial charge in [-0.2, -0.15) is 0 Å². The van der Waals surface area contributed by atoms with Crippen LogP contribution in [0.2, 0.25) is 0 Å². The zero-order valence-electron chi connectivity index (χ0n) is 14.2. The Hall–Kier alpha value is -2.25. The van der Waals surface area contributed by atoms with Crippen molar-refractivity contribution in [2.75, 3.05) is 14.1 Å². The van der Waals surface area contributed by atoms with Gasteiger partial charge >= 0.3 is 0 Å². The Bertz CT molecular complexity index is 990. The lowest BCUT2D eigenvalue weighted by atomic mass is 10.0. The van der Waals surface area contributed by atoms with Crippen LogP contribution >= 0.6 is 0 Å². The molecule has 1 heterocycles. The molecule has 2 aromatic rings. The van der Waals surface area contributed by atoms with Crippen LogP contribution in [0.5, 0.6) is 0 Å². The van der Waals surface area contributed by atoms with Gasteiger partial charge in [0.1, 0.15) is 0 Å². The highest BCUT2D eigenvalue weighted by molar-refractivity contribution is 7.89. The highest BCUT2D eigenvalue weighted by Crippen LogP contribution is 2.23. The summed E-state index contributed by atoms with van der Waals surface area (Å²) >= 11 is 0. The number of aryl methyl sites for hydroxylation is 2. The highest BCUT2D eigenvalue weighted by atomic mass is 32.2. The van der Waals surface area contributed by atoms with E-state index in [0.717, 1.165) is 28.1 Å². The second-order valence-electron chi connectivity index (χ2n) is 6.38. The van der Waals surface area contributed by atoms with Crippen LogP contribution in [0.1, 0.15) is 27.9 Å². The smallest absolute Gasteiger partial charge is 0.251 e. The number of carbonyl (C=O) groups excluding carboxylic acids is 1. The molecular formula is C18H20N2O4S. The number of pyridine rings is 1. The van der Waals surface area contributed by atoms with Gasteiger partial charge in [0.2, 0.25) is 10.0 Å². The summed E-state index contributed by atoms with van der Waals surface area (Å²) in [6, 6.07) is 8.06. The van der Waals surface area contributed by atoms with Crippen molar-refractivity contribution in [1.82, 2.24) is 8.87 Å². The highest BCUT2D eigenvalue weighted by Gasteiger charge is 2.19. The molecule has 1 aliphatic rings. The monoisotopic (exact) mass is 360 g/mol. The van der Waals surface area contributed by atoms with Crippen molar-refractivity contribution < 1.29 is 13.2 Å². The number of fused-ring (bicyclic) bond motifs is 1. The van der Waals surface area contributed by atoms with Crippen molar-refractivity contribution in [3.05, 3.63) is 63.6 Å². The molecule has 0 saturated carbocycles. The molecule has 6 nitrogen and oxygen atoms in total. The first-order valence-electron chi connectivity index (χ1n) is 8.07. The summed E-state index contributed by atoms with van der Waals surface area (Å²) in [7, 11) is -0.828. The summed E-state index contributed by atoms with van der Waals surface area (Å²) in [5.74, 6) is -0.212. The number of nitrogens with zero attached hydrogens (tertiary/aromatic N) is 2. The van der Waals surface area contributed by atoms with E-state index in [1.807, 2.05) is 12.1 Å². The van der Waals surface area contributed by atoms with Gasteiger partial charge in [-0.3, -0.25) is 9.59 Å². The van der Waals surface area contributed by atoms with Crippen molar-refractivity contribution >= 4 is 15.8 Å². The molecule has 0 amide bonds. The van der Waals surface area contributed by atoms with Crippen LogP contribution < -0.4 is 5.56 Å². The van der Waals surface area contributed by atoms with Crippen LogP contribution in [0.15, 0.2) is 46.2 Å². The number of rotatable bonds is 5. The van der Waals surface area contributed by atoms with E-state index in [0.29, 0.717) is 5.56 Å². The summed E-state index contributed by atoms with van der Waals surface area (Å²) in [4.78, 5) is 24.6. The fourth-order valence-electron chi connectivity index (χ4n) is 2.99. The van der Waals surface area contributed by atoms with E-state index < -0.39 is 15.6 Å². The standard InChI is InChI=1S/C18H20N2O4S/c1-19(2)25(23,24)16-8-9-18(22)20(11-16)12-17(21)15-7-6-13-4-3-5-14(13)10-15/h6-11H,3-5,12H2,1-2H3. The van der Waals surface area contributed by atoms with Gasteiger partial charge in [-0.15, -0.1) is 0 Å². The van der Waals surface area contributed by atoms with Gasteiger partial charge < -0.3 is 4.57 Å². The summed E-state index contributed by atoms with van der Waals surface area (Å²) in [6.07, 6.45) is 4.32. The molecule has 7 heteroatoms. The third-order valence-corrected chi connectivity index (χ3v) is 6.27. The second kappa shape index (κ2) is 6.57. The van der Waals surface area contributed by atoms with Crippen molar-refractivity contribution in [3.63, 3.8) is 0 Å². The first kappa shape index (κ1) is 17.6. The molecule has 3 rings (SSSR count). The second-order valence-corrected chi connectivity index (χ2v) is 8.53. The number of hydrogen-bond acceptors (Lipinski definition) is 4. The number of carbonyl (C=O) groups is 1. The normalized spacial score (nSPS) is 13.9. The SMILES string of the molecule is CN(C)S(=O)(=O)c1ccc(=O)n(CC(=O)c2ccc3c(c2)CCC3)c1. The maximum Gasteiger partial charge on any atom is 0.251 e. The van der Waals surface area contributed by atoms with E-state index in [2.05, 4.69) is 0 Å². The number of sulfonamides is 1. The Kier molecular flexibility index (Phi) is 4.62. The predicted molar refractivity (Wildman–Crippen MR) is 94.4 cm³/mol. The van der Waals surface area contributed by atoms with E-state index in [1.54, 1.807) is 6.07 Å². The molecule has 0 atom stereocenters. The number of Topliss-reactive ketones (excluding diaryl/α,β-unsaturated/α-hetero) is 1.